The molecule has 0 aliphatic heterocycles. The second kappa shape index (κ2) is 10.6. The molecule has 0 aromatic heterocycles. The number of nitrogens with two attached hydrogens (primary N) is 1. The van der Waals surface area contributed by atoms with E-state index in [1.54, 1.807) is 7.05 Å². The Kier molecular flexibility index (Phi) is 7.33. The van der Waals surface area contributed by atoms with Crippen LogP contribution in [0.25, 0.3) is 21.5 Å². The molecular formula is C28H29N3OS. The van der Waals surface area contributed by atoms with Crippen molar-refractivity contribution in [3.63, 3.8) is 0 Å². The highest BCUT2D eigenvalue weighted by atomic mass is 32.1. The minimum absolute atomic E-state index is 0.0954. The van der Waals surface area contributed by atoms with E-state index in [0.29, 0.717) is 17.8 Å². The predicted octanol–water partition coefficient (Wildman–Crippen LogP) is 4.53. The number of thiocarbonyl (C=S) groups is 1. The van der Waals surface area contributed by atoms with Crippen molar-refractivity contribution in [3.05, 3.63) is 96.1 Å². The maximum atomic E-state index is 13.1. The average molecular weight is 456 g/mol. The molecule has 0 unspecified atom stereocenters. The molecule has 0 fully saturated rings. The van der Waals surface area contributed by atoms with E-state index in [1.165, 1.54) is 27.1 Å². The molecule has 0 saturated heterocycles. The standard InChI is InChI=1S/C28H29N3OS/c1-30-26(18-20-11-14-22-7-3-5-9-24(22)17-20)28(32)31-25(27(29)33)15-12-19-10-13-21-6-2-4-8-23(21)16-19/h2-11,13-14,16-17,25-26,30H,12,15,18H2,1H3,(H2,29,33)(H,31,32)/t25-,26-/m1/s1. The summed E-state index contributed by atoms with van der Waals surface area (Å²) in [6.07, 6.45) is 2.02. The van der Waals surface area contributed by atoms with Crippen molar-refractivity contribution in [3.8, 4) is 0 Å². The molecule has 168 valence electrons. The number of likely N-dealkylation sites (N-methyl/N-ethyl adjacent to an activating group) is 1. The first kappa shape index (κ1) is 22.9. The van der Waals surface area contributed by atoms with Crippen LogP contribution in [0.2, 0.25) is 0 Å². The topological polar surface area (TPSA) is 67.2 Å². The zero-order valence-corrected chi connectivity index (χ0v) is 19.6. The van der Waals surface area contributed by atoms with Crippen molar-refractivity contribution >= 4 is 44.7 Å². The molecule has 0 radical (unpaired) electrons. The molecule has 0 heterocycles. The predicted molar refractivity (Wildman–Crippen MR) is 141 cm³/mol. The first-order chi connectivity index (χ1) is 16.0. The van der Waals surface area contributed by atoms with E-state index >= 15 is 0 Å². The fraction of sp³-hybridized carbons (Fsp3) is 0.214. The number of hydrogen-bond donors (Lipinski definition) is 3. The van der Waals surface area contributed by atoms with Gasteiger partial charge >= 0.3 is 0 Å². The summed E-state index contributed by atoms with van der Waals surface area (Å²) in [7, 11) is 1.80. The maximum absolute atomic E-state index is 13.1. The van der Waals surface area contributed by atoms with Gasteiger partial charge in [-0.1, -0.05) is 97.1 Å². The van der Waals surface area contributed by atoms with Crippen molar-refractivity contribution in [1.82, 2.24) is 10.6 Å². The molecule has 33 heavy (non-hydrogen) atoms. The van der Waals surface area contributed by atoms with Crippen molar-refractivity contribution in [2.45, 2.75) is 31.3 Å². The molecule has 4 rings (SSSR count). The Hall–Kier alpha value is -3.28. The minimum Gasteiger partial charge on any atom is -0.392 e. The van der Waals surface area contributed by atoms with Gasteiger partial charge in [-0.05, 0) is 59.0 Å². The second-order valence-electron chi connectivity index (χ2n) is 8.41. The van der Waals surface area contributed by atoms with Crippen LogP contribution in [0.1, 0.15) is 17.5 Å². The molecule has 4 nitrogen and oxygen atoms in total. The quantitative estimate of drug-likeness (QED) is 0.325. The Labute approximate surface area is 200 Å². The molecule has 1 amide bonds. The lowest BCUT2D eigenvalue weighted by atomic mass is 9.99. The molecule has 4 aromatic rings. The van der Waals surface area contributed by atoms with Gasteiger partial charge in [0.2, 0.25) is 5.91 Å². The Morgan fingerprint density at radius 1 is 0.818 bits per heavy atom. The highest BCUT2D eigenvalue weighted by Gasteiger charge is 2.22. The number of amides is 1. The summed E-state index contributed by atoms with van der Waals surface area (Å²) in [4.78, 5) is 13.4. The summed E-state index contributed by atoms with van der Waals surface area (Å²) in [5, 5.41) is 11.0. The van der Waals surface area contributed by atoms with Gasteiger partial charge in [0.15, 0.2) is 0 Å². The number of carbonyl (C=O) groups is 1. The molecule has 0 saturated carbocycles. The van der Waals surface area contributed by atoms with E-state index < -0.39 is 0 Å². The van der Waals surface area contributed by atoms with Crippen LogP contribution in [-0.4, -0.2) is 30.0 Å². The third-order valence-corrected chi connectivity index (χ3v) is 6.40. The smallest absolute Gasteiger partial charge is 0.238 e. The number of hydrogen-bond acceptors (Lipinski definition) is 3. The van der Waals surface area contributed by atoms with Crippen LogP contribution in [-0.2, 0) is 17.6 Å². The van der Waals surface area contributed by atoms with Gasteiger partial charge in [0, 0.05) is 0 Å². The van der Waals surface area contributed by atoms with Gasteiger partial charge in [-0.25, -0.2) is 0 Å². The summed E-state index contributed by atoms with van der Waals surface area (Å²) < 4.78 is 0. The van der Waals surface area contributed by atoms with Gasteiger partial charge in [0.05, 0.1) is 17.1 Å². The zero-order valence-electron chi connectivity index (χ0n) is 18.8. The first-order valence-electron chi connectivity index (χ1n) is 11.3. The minimum atomic E-state index is -0.372. The second-order valence-corrected chi connectivity index (χ2v) is 8.88. The van der Waals surface area contributed by atoms with Gasteiger partial charge in [-0.3, -0.25) is 4.79 Å². The van der Waals surface area contributed by atoms with Crippen LogP contribution in [0.5, 0.6) is 0 Å². The van der Waals surface area contributed by atoms with E-state index in [2.05, 4.69) is 71.3 Å². The molecular weight excluding hydrogens is 426 g/mol. The van der Waals surface area contributed by atoms with E-state index in [1.807, 2.05) is 24.3 Å². The number of fused-ring (bicyclic) bond motifs is 2. The van der Waals surface area contributed by atoms with Gasteiger partial charge in [-0.15, -0.1) is 0 Å². The normalized spacial score (nSPS) is 13.0. The molecule has 0 bridgehead atoms. The molecule has 4 aromatic carbocycles. The monoisotopic (exact) mass is 455 g/mol. The largest absolute Gasteiger partial charge is 0.392 e. The summed E-state index contributed by atoms with van der Waals surface area (Å²) in [5.41, 5.74) is 8.29. The van der Waals surface area contributed by atoms with Crippen LogP contribution in [0.4, 0.5) is 0 Å². The number of carbonyl (C=O) groups excluding carboxylic acids is 1. The molecule has 0 spiro atoms. The third-order valence-electron chi connectivity index (χ3n) is 6.11. The van der Waals surface area contributed by atoms with E-state index in [-0.39, 0.29) is 18.0 Å². The van der Waals surface area contributed by atoms with Crippen LogP contribution >= 0.6 is 12.2 Å². The SMILES string of the molecule is CN[C@H](Cc1ccc2ccccc2c1)C(=O)N[C@H](CCc1ccc2ccccc2c1)C(N)=S. The van der Waals surface area contributed by atoms with Crippen LogP contribution in [0.15, 0.2) is 84.9 Å². The Bertz CT molecular complexity index is 1290. The molecule has 2 atom stereocenters. The Morgan fingerprint density at radius 2 is 1.36 bits per heavy atom. The maximum Gasteiger partial charge on any atom is 0.238 e. The van der Waals surface area contributed by atoms with Gasteiger partial charge in [-0.2, -0.15) is 0 Å². The fourth-order valence-corrected chi connectivity index (χ4v) is 4.37. The summed E-state index contributed by atoms with van der Waals surface area (Å²) >= 11 is 5.28. The van der Waals surface area contributed by atoms with E-state index in [0.717, 1.165) is 12.0 Å². The van der Waals surface area contributed by atoms with Gasteiger partial charge in [0.25, 0.3) is 0 Å². The Morgan fingerprint density at radius 3 is 1.94 bits per heavy atom. The summed E-state index contributed by atoms with van der Waals surface area (Å²) in [6, 6.07) is 28.5. The fourth-order valence-electron chi connectivity index (χ4n) is 4.19. The highest BCUT2D eigenvalue weighted by molar-refractivity contribution is 7.80. The van der Waals surface area contributed by atoms with Crippen LogP contribution in [0.3, 0.4) is 0 Å². The van der Waals surface area contributed by atoms with Crippen LogP contribution < -0.4 is 16.4 Å². The zero-order chi connectivity index (χ0) is 23.2. The number of benzene rings is 4. The molecule has 4 N–H and O–H groups in total. The number of nitrogens with one attached hydrogen (secondary N) is 2. The lowest BCUT2D eigenvalue weighted by Gasteiger charge is -2.22. The van der Waals surface area contributed by atoms with E-state index in [9.17, 15) is 4.79 Å². The van der Waals surface area contributed by atoms with Crippen molar-refractivity contribution in [2.75, 3.05) is 7.05 Å². The molecule has 0 aliphatic carbocycles. The lowest BCUT2D eigenvalue weighted by Crippen LogP contribution is -2.51. The summed E-state index contributed by atoms with van der Waals surface area (Å²) in [6.45, 7) is 0. The first-order valence-corrected chi connectivity index (χ1v) is 11.7. The average Bonchev–Trinajstić information content (AvgIpc) is 2.84. The van der Waals surface area contributed by atoms with Crippen molar-refractivity contribution in [2.24, 2.45) is 5.73 Å². The number of aryl methyl sites for hydroxylation is 1. The summed E-state index contributed by atoms with van der Waals surface area (Å²) in [5.74, 6) is -0.0954. The molecule has 0 aliphatic rings. The number of rotatable bonds is 9. The third kappa shape index (κ3) is 5.75. The highest BCUT2D eigenvalue weighted by Crippen LogP contribution is 2.18. The van der Waals surface area contributed by atoms with Crippen LogP contribution in [0, 0.1) is 0 Å². The Balaban J connectivity index is 1.40. The van der Waals surface area contributed by atoms with Gasteiger partial charge in [0.1, 0.15) is 0 Å². The van der Waals surface area contributed by atoms with Crippen molar-refractivity contribution in [1.29, 1.82) is 0 Å². The van der Waals surface area contributed by atoms with E-state index in [4.69, 9.17) is 18.0 Å². The lowest BCUT2D eigenvalue weighted by molar-refractivity contribution is -0.123. The van der Waals surface area contributed by atoms with Gasteiger partial charge < -0.3 is 16.4 Å². The van der Waals surface area contributed by atoms with Crippen molar-refractivity contribution < 1.29 is 4.79 Å². The molecule has 5 heteroatoms.